The molecule has 0 bridgehead atoms. The van der Waals surface area contributed by atoms with E-state index in [2.05, 4.69) is 15.1 Å². The Morgan fingerprint density at radius 1 is 1.14 bits per heavy atom. The molecule has 28 heavy (non-hydrogen) atoms. The van der Waals surface area contributed by atoms with Gasteiger partial charge in [0.15, 0.2) is 6.61 Å². The topological polar surface area (TPSA) is 87.3 Å². The van der Waals surface area contributed by atoms with Crippen molar-refractivity contribution >= 4 is 28.6 Å². The van der Waals surface area contributed by atoms with E-state index < -0.39 is 5.97 Å². The number of hydrogen-bond acceptors (Lipinski definition) is 9. The van der Waals surface area contributed by atoms with Crippen LogP contribution in [0.3, 0.4) is 0 Å². The third kappa shape index (κ3) is 4.44. The van der Waals surface area contributed by atoms with Crippen LogP contribution in [0.25, 0.3) is 10.7 Å². The highest BCUT2D eigenvalue weighted by Gasteiger charge is 2.13. The van der Waals surface area contributed by atoms with E-state index in [0.29, 0.717) is 23.7 Å². The van der Waals surface area contributed by atoms with Crippen molar-refractivity contribution in [2.75, 3.05) is 0 Å². The van der Waals surface area contributed by atoms with Crippen LogP contribution < -0.4 is 4.74 Å². The van der Waals surface area contributed by atoms with E-state index in [1.165, 1.54) is 11.3 Å². The number of thiophene rings is 1. The molecule has 0 spiro atoms. The van der Waals surface area contributed by atoms with Gasteiger partial charge in [-0.15, -0.1) is 22.7 Å². The summed E-state index contributed by atoms with van der Waals surface area (Å²) < 4.78 is 16.1. The van der Waals surface area contributed by atoms with Crippen LogP contribution in [0.5, 0.6) is 5.75 Å². The van der Waals surface area contributed by atoms with Crippen molar-refractivity contribution in [3.8, 4) is 16.5 Å². The number of aromatic nitrogens is 3. The summed E-state index contributed by atoms with van der Waals surface area (Å²) in [7, 11) is 0. The second-order valence-corrected chi connectivity index (χ2v) is 7.75. The number of thiazole rings is 1. The van der Waals surface area contributed by atoms with Crippen molar-refractivity contribution in [3.05, 3.63) is 69.3 Å². The lowest BCUT2D eigenvalue weighted by atomic mass is 10.2. The normalized spacial score (nSPS) is 10.8. The van der Waals surface area contributed by atoms with Gasteiger partial charge in [-0.25, -0.2) is 9.78 Å². The first-order chi connectivity index (χ1) is 13.7. The van der Waals surface area contributed by atoms with Crippen LogP contribution in [0, 0.1) is 6.92 Å². The summed E-state index contributed by atoms with van der Waals surface area (Å²) in [5, 5.41) is 8.74. The summed E-state index contributed by atoms with van der Waals surface area (Å²) in [6.07, 6.45) is 0. The van der Waals surface area contributed by atoms with E-state index in [4.69, 9.17) is 14.0 Å². The molecule has 9 heteroatoms. The lowest BCUT2D eigenvalue weighted by molar-refractivity contribution is 0.0429. The van der Waals surface area contributed by atoms with Gasteiger partial charge in [-0.1, -0.05) is 17.3 Å². The smallest absolute Gasteiger partial charge is 0.338 e. The van der Waals surface area contributed by atoms with E-state index in [1.807, 2.05) is 29.8 Å². The number of esters is 1. The summed E-state index contributed by atoms with van der Waals surface area (Å²) in [4.78, 5) is 21.8. The van der Waals surface area contributed by atoms with Gasteiger partial charge in [0.2, 0.25) is 5.82 Å². The molecule has 0 aliphatic rings. The highest BCUT2D eigenvalue weighted by molar-refractivity contribution is 7.13. The third-order valence-electron chi connectivity index (χ3n) is 3.66. The molecule has 0 N–H and O–H groups in total. The minimum Gasteiger partial charge on any atom is -0.487 e. The predicted octanol–water partition coefficient (Wildman–Crippen LogP) is 4.50. The Balaban J connectivity index is 1.34. The van der Waals surface area contributed by atoms with Crippen molar-refractivity contribution < 1.29 is 18.8 Å². The average Bonchev–Trinajstić information content (AvgIpc) is 3.46. The molecule has 0 aliphatic heterocycles. The number of rotatable bonds is 7. The summed E-state index contributed by atoms with van der Waals surface area (Å²) in [5.74, 6) is 0.792. The van der Waals surface area contributed by atoms with Crippen LogP contribution in [-0.4, -0.2) is 21.1 Å². The Morgan fingerprint density at radius 3 is 2.86 bits per heavy atom. The molecule has 7 nitrogen and oxygen atoms in total. The molecule has 3 aromatic heterocycles. The highest BCUT2D eigenvalue weighted by Crippen LogP contribution is 2.22. The van der Waals surface area contributed by atoms with Gasteiger partial charge in [-0.2, -0.15) is 4.98 Å². The molecule has 0 amide bonds. The van der Waals surface area contributed by atoms with Crippen LogP contribution in [0.1, 0.15) is 27.0 Å². The van der Waals surface area contributed by atoms with Crippen LogP contribution >= 0.6 is 22.7 Å². The van der Waals surface area contributed by atoms with Gasteiger partial charge < -0.3 is 14.0 Å². The zero-order valence-corrected chi connectivity index (χ0v) is 16.5. The van der Waals surface area contributed by atoms with Gasteiger partial charge in [0.25, 0.3) is 5.89 Å². The fourth-order valence-corrected chi connectivity index (χ4v) is 3.62. The lowest BCUT2D eigenvalue weighted by Gasteiger charge is -2.06. The standard InChI is InChI=1S/C19H15N3O4S2/c1-12-20-14(11-28-12)9-24-15-5-2-4-13(8-15)19(23)25-10-17-21-18(22-26-17)16-6-3-7-27-16/h2-8,11H,9-10H2,1H3. The zero-order valence-electron chi connectivity index (χ0n) is 14.8. The molecule has 4 rings (SSSR count). The molecule has 0 aliphatic carbocycles. The van der Waals surface area contributed by atoms with Gasteiger partial charge in [-0.3, -0.25) is 0 Å². The number of carbonyl (C=O) groups excluding carboxylic acids is 1. The van der Waals surface area contributed by atoms with Gasteiger partial charge >= 0.3 is 5.97 Å². The Morgan fingerprint density at radius 2 is 2.07 bits per heavy atom. The largest absolute Gasteiger partial charge is 0.487 e. The minimum absolute atomic E-state index is 0.0968. The fraction of sp³-hybridized carbons (Fsp3) is 0.158. The number of benzene rings is 1. The summed E-state index contributed by atoms with van der Waals surface area (Å²) in [6, 6.07) is 10.6. The van der Waals surface area contributed by atoms with Crippen molar-refractivity contribution in [2.45, 2.75) is 20.1 Å². The molecule has 3 heterocycles. The predicted molar refractivity (Wildman–Crippen MR) is 104 cm³/mol. The molecule has 1 aromatic carbocycles. The van der Waals surface area contributed by atoms with Gasteiger partial charge in [0.1, 0.15) is 12.4 Å². The Bertz CT molecular complexity index is 1070. The number of ether oxygens (including phenoxy) is 2. The number of carbonyl (C=O) groups is 1. The van der Waals surface area contributed by atoms with Crippen molar-refractivity contribution in [3.63, 3.8) is 0 Å². The maximum Gasteiger partial charge on any atom is 0.338 e. The maximum atomic E-state index is 12.3. The first kappa shape index (κ1) is 18.3. The van der Waals surface area contributed by atoms with Gasteiger partial charge in [0, 0.05) is 5.38 Å². The van der Waals surface area contributed by atoms with Crippen LogP contribution in [0.2, 0.25) is 0 Å². The first-order valence-electron chi connectivity index (χ1n) is 8.35. The molecule has 0 atom stereocenters. The first-order valence-corrected chi connectivity index (χ1v) is 10.1. The Kier molecular flexibility index (Phi) is 5.45. The van der Waals surface area contributed by atoms with Crippen molar-refractivity contribution in [1.82, 2.24) is 15.1 Å². The fourth-order valence-electron chi connectivity index (χ4n) is 2.37. The SMILES string of the molecule is Cc1nc(COc2cccc(C(=O)OCc3nc(-c4cccs4)no3)c2)cs1. The van der Waals surface area contributed by atoms with E-state index in [-0.39, 0.29) is 12.5 Å². The van der Waals surface area contributed by atoms with E-state index in [1.54, 1.807) is 35.6 Å². The molecular formula is C19H15N3O4S2. The second kappa shape index (κ2) is 8.32. The lowest BCUT2D eigenvalue weighted by Crippen LogP contribution is -2.06. The number of nitrogens with zero attached hydrogens (tertiary/aromatic N) is 3. The number of aryl methyl sites for hydroxylation is 1. The summed E-state index contributed by atoms with van der Waals surface area (Å²) in [5.41, 5.74) is 1.23. The van der Waals surface area contributed by atoms with Crippen LogP contribution in [-0.2, 0) is 18.0 Å². The molecule has 0 radical (unpaired) electrons. The number of hydrogen-bond donors (Lipinski definition) is 0. The third-order valence-corrected chi connectivity index (χ3v) is 5.35. The van der Waals surface area contributed by atoms with E-state index >= 15 is 0 Å². The molecule has 4 aromatic rings. The summed E-state index contributed by atoms with van der Waals surface area (Å²) in [6.45, 7) is 2.19. The Labute approximate surface area is 168 Å². The zero-order chi connectivity index (χ0) is 19.3. The quantitative estimate of drug-likeness (QED) is 0.412. The maximum absolute atomic E-state index is 12.3. The van der Waals surface area contributed by atoms with Crippen LogP contribution in [0.4, 0.5) is 0 Å². The molecule has 0 fully saturated rings. The summed E-state index contributed by atoms with van der Waals surface area (Å²) >= 11 is 3.07. The monoisotopic (exact) mass is 413 g/mol. The van der Waals surface area contributed by atoms with Gasteiger partial charge in [-0.05, 0) is 36.6 Å². The minimum atomic E-state index is -0.495. The van der Waals surface area contributed by atoms with E-state index in [0.717, 1.165) is 15.6 Å². The average molecular weight is 413 g/mol. The second-order valence-electron chi connectivity index (χ2n) is 5.74. The van der Waals surface area contributed by atoms with Crippen molar-refractivity contribution in [2.24, 2.45) is 0 Å². The molecule has 0 unspecified atom stereocenters. The Hall–Kier alpha value is -3.04. The molecule has 0 saturated heterocycles. The van der Waals surface area contributed by atoms with Crippen molar-refractivity contribution in [1.29, 1.82) is 0 Å². The van der Waals surface area contributed by atoms with E-state index in [9.17, 15) is 4.79 Å². The van der Waals surface area contributed by atoms with Crippen LogP contribution in [0.15, 0.2) is 51.7 Å². The molecular weight excluding hydrogens is 398 g/mol. The molecule has 0 saturated carbocycles. The van der Waals surface area contributed by atoms with Gasteiger partial charge in [0.05, 0.1) is 21.1 Å². The molecule has 142 valence electrons. The highest BCUT2D eigenvalue weighted by atomic mass is 32.1.